The van der Waals surface area contributed by atoms with E-state index in [0.717, 1.165) is 55.6 Å². The van der Waals surface area contributed by atoms with Crippen molar-refractivity contribution in [3.05, 3.63) is 48.1 Å². The smallest absolute Gasteiger partial charge is 0.150 e. The van der Waals surface area contributed by atoms with E-state index in [1.807, 2.05) is 18.3 Å². The second-order valence-electron chi connectivity index (χ2n) is 7.25. The molecule has 1 saturated heterocycles. The van der Waals surface area contributed by atoms with Crippen LogP contribution in [-0.2, 0) is 4.74 Å². The number of ether oxygens (including phenoxy) is 1. The van der Waals surface area contributed by atoms with Gasteiger partial charge in [0.15, 0.2) is 6.23 Å². The van der Waals surface area contributed by atoms with E-state index >= 15 is 0 Å². The summed E-state index contributed by atoms with van der Waals surface area (Å²) in [6, 6.07) is 2.19. The summed E-state index contributed by atoms with van der Waals surface area (Å²) >= 11 is 0. The predicted molar refractivity (Wildman–Crippen MR) is 110 cm³/mol. The maximum Gasteiger partial charge on any atom is 0.150 e. The molecule has 1 atom stereocenters. The summed E-state index contributed by atoms with van der Waals surface area (Å²) in [5.41, 5.74) is 11.2. The normalized spacial score (nSPS) is 21.3. The molecule has 1 aliphatic heterocycles. The molecular weight excluding hydrogens is 336 g/mol. The van der Waals surface area contributed by atoms with Crippen LogP contribution in [0.25, 0.3) is 22.0 Å². The monoisotopic (exact) mass is 364 g/mol. The number of allylic oxidation sites excluding steroid dienone is 5. The van der Waals surface area contributed by atoms with E-state index in [2.05, 4.69) is 23.7 Å². The number of rotatable bonds is 5. The van der Waals surface area contributed by atoms with Gasteiger partial charge in [-0.25, -0.2) is 4.68 Å². The van der Waals surface area contributed by atoms with Crippen LogP contribution < -0.4 is 5.73 Å². The Morgan fingerprint density at radius 3 is 3.00 bits per heavy atom. The van der Waals surface area contributed by atoms with E-state index < -0.39 is 0 Å². The van der Waals surface area contributed by atoms with Crippen LogP contribution in [0.4, 0.5) is 0 Å². The minimum atomic E-state index is 0.0195. The Kier molecular flexibility index (Phi) is 5.39. The summed E-state index contributed by atoms with van der Waals surface area (Å²) in [7, 11) is 0. The zero-order chi connectivity index (χ0) is 18.6. The van der Waals surface area contributed by atoms with Crippen molar-refractivity contribution in [3.63, 3.8) is 0 Å². The third-order valence-electron chi connectivity index (χ3n) is 5.48. The van der Waals surface area contributed by atoms with Crippen LogP contribution in [-0.4, -0.2) is 21.4 Å². The molecule has 0 aromatic carbocycles. The first-order chi connectivity index (χ1) is 13.3. The molecule has 27 heavy (non-hydrogen) atoms. The summed E-state index contributed by atoms with van der Waals surface area (Å²) in [5.74, 6) is 0. The summed E-state index contributed by atoms with van der Waals surface area (Å²) in [5, 5.41) is 6.19. The molecule has 4 rings (SSSR count). The summed E-state index contributed by atoms with van der Waals surface area (Å²) in [6.07, 6.45) is 17.5. The van der Waals surface area contributed by atoms with Crippen molar-refractivity contribution >= 4 is 22.0 Å². The maximum absolute atomic E-state index is 6.02. The van der Waals surface area contributed by atoms with E-state index in [1.54, 1.807) is 6.20 Å². The van der Waals surface area contributed by atoms with Gasteiger partial charge in [0.2, 0.25) is 0 Å². The molecule has 1 fully saturated rings. The molecule has 2 aliphatic rings. The molecule has 0 radical (unpaired) electrons. The number of hydrogen-bond donors (Lipinski definition) is 1. The lowest BCUT2D eigenvalue weighted by atomic mass is 10.0. The fourth-order valence-electron chi connectivity index (χ4n) is 4.03. The van der Waals surface area contributed by atoms with Crippen molar-refractivity contribution < 1.29 is 4.74 Å². The van der Waals surface area contributed by atoms with Gasteiger partial charge in [-0.05, 0) is 74.4 Å². The Bertz CT molecular complexity index is 900. The first kappa shape index (κ1) is 18.0. The predicted octanol–water partition coefficient (Wildman–Crippen LogP) is 4.96. The molecule has 5 nitrogen and oxygen atoms in total. The highest BCUT2D eigenvalue weighted by molar-refractivity contribution is 5.92. The molecule has 2 aromatic heterocycles. The fourth-order valence-corrected chi connectivity index (χ4v) is 4.03. The molecule has 2 N–H and O–H groups in total. The first-order valence-corrected chi connectivity index (χ1v) is 10.1. The van der Waals surface area contributed by atoms with Crippen LogP contribution in [0.3, 0.4) is 0 Å². The molecule has 5 heteroatoms. The second-order valence-corrected chi connectivity index (χ2v) is 7.25. The minimum Gasteiger partial charge on any atom is -0.405 e. The van der Waals surface area contributed by atoms with Crippen molar-refractivity contribution in [2.45, 2.75) is 58.1 Å². The Morgan fingerprint density at radius 1 is 1.37 bits per heavy atom. The zero-order valence-corrected chi connectivity index (χ0v) is 16.0. The van der Waals surface area contributed by atoms with Crippen molar-refractivity contribution in [1.29, 1.82) is 0 Å². The lowest BCUT2D eigenvalue weighted by Crippen LogP contribution is -2.19. The topological polar surface area (TPSA) is 66.0 Å². The third kappa shape index (κ3) is 3.56. The van der Waals surface area contributed by atoms with Gasteiger partial charge < -0.3 is 10.5 Å². The van der Waals surface area contributed by atoms with E-state index in [-0.39, 0.29) is 6.23 Å². The van der Waals surface area contributed by atoms with Gasteiger partial charge >= 0.3 is 0 Å². The van der Waals surface area contributed by atoms with Crippen LogP contribution in [0.5, 0.6) is 0 Å². The lowest BCUT2D eigenvalue weighted by Gasteiger charge is -2.23. The minimum absolute atomic E-state index is 0.0195. The van der Waals surface area contributed by atoms with Crippen molar-refractivity contribution in [2.75, 3.05) is 6.61 Å². The van der Waals surface area contributed by atoms with Crippen LogP contribution in [0, 0.1) is 0 Å². The molecule has 0 bridgehead atoms. The first-order valence-electron chi connectivity index (χ1n) is 10.1. The van der Waals surface area contributed by atoms with Gasteiger partial charge in [0.1, 0.15) is 0 Å². The molecule has 142 valence electrons. The number of nitrogens with zero attached hydrogens (tertiary/aromatic N) is 3. The number of fused-ring (bicyclic) bond motifs is 1. The Balaban J connectivity index is 1.84. The van der Waals surface area contributed by atoms with E-state index in [4.69, 9.17) is 20.6 Å². The number of nitrogens with two attached hydrogens (primary N) is 1. The Morgan fingerprint density at radius 2 is 2.30 bits per heavy atom. The standard InChI is InChI=1S/C22H28N4O/c1-2-16(10-7-12-23)19-14-18-20(15-24-19)26(21-11-5-6-13-27-21)25-22(18)17-8-3-4-9-17/h7-8,10,12,14-15,21H,2-6,9,11,13,23H2,1H3/b12-7-,16-10+. The van der Waals surface area contributed by atoms with Gasteiger partial charge in [-0.1, -0.05) is 19.1 Å². The largest absolute Gasteiger partial charge is 0.405 e. The highest BCUT2D eigenvalue weighted by Crippen LogP contribution is 2.35. The summed E-state index contributed by atoms with van der Waals surface area (Å²) in [4.78, 5) is 4.75. The number of hydrogen-bond acceptors (Lipinski definition) is 4. The molecule has 0 saturated carbocycles. The quantitative estimate of drug-likeness (QED) is 0.761. The average Bonchev–Trinajstić information content (AvgIpc) is 3.37. The fraction of sp³-hybridized carbons (Fsp3) is 0.455. The zero-order valence-electron chi connectivity index (χ0n) is 16.0. The van der Waals surface area contributed by atoms with Gasteiger partial charge in [0.25, 0.3) is 0 Å². The number of pyridine rings is 1. The van der Waals surface area contributed by atoms with Gasteiger partial charge in [0.05, 0.1) is 23.1 Å². The highest BCUT2D eigenvalue weighted by atomic mass is 16.5. The maximum atomic E-state index is 6.02. The lowest BCUT2D eigenvalue weighted by molar-refractivity contribution is -0.0367. The van der Waals surface area contributed by atoms with Crippen LogP contribution in [0.15, 0.2) is 36.7 Å². The van der Waals surface area contributed by atoms with Gasteiger partial charge in [-0.15, -0.1) is 0 Å². The summed E-state index contributed by atoms with van der Waals surface area (Å²) in [6.45, 7) is 2.95. The van der Waals surface area contributed by atoms with E-state index in [1.165, 1.54) is 29.4 Å². The molecular formula is C22H28N4O. The third-order valence-corrected chi connectivity index (χ3v) is 5.48. The van der Waals surface area contributed by atoms with Crippen LogP contribution in [0.1, 0.15) is 69.5 Å². The molecule has 1 unspecified atom stereocenters. The molecule has 0 spiro atoms. The summed E-state index contributed by atoms with van der Waals surface area (Å²) < 4.78 is 8.08. The SMILES string of the molecule is CC/C(=C\C=C/N)c1cc2c(C3=CCCC3)nn(C3CCCCO3)c2cn1. The van der Waals surface area contributed by atoms with Crippen LogP contribution >= 0.6 is 0 Å². The van der Waals surface area contributed by atoms with Gasteiger partial charge in [-0.3, -0.25) is 4.98 Å². The Hall–Kier alpha value is -2.40. The van der Waals surface area contributed by atoms with Crippen molar-refractivity contribution in [2.24, 2.45) is 5.73 Å². The van der Waals surface area contributed by atoms with Crippen molar-refractivity contribution in [3.8, 4) is 0 Å². The average molecular weight is 364 g/mol. The molecule has 0 amide bonds. The van der Waals surface area contributed by atoms with E-state index in [9.17, 15) is 0 Å². The Labute approximate surface area is 160 Å². The number of aromatic nitrogens is 3. The van der Waals surface area contributed by atoms with Gasteiger partial charge in [0, 0.05) is 12.0 Å². The molecule has 3 heterocycles. The van der Waals surface area contributed by atoms with Crippen molar-refractivity contribution in [1.82, 2.24) is 14.8 Å². The van der Waals surface area contributed by atoms with Crippen LogP contribution in [0.2, 0.25) is 0 Å². The highest BCUT2D eigenvalue weighted by Gasteiger charge is 2.23. The van der Waals surface area contributed by atoms with E-state index in [0.29, 0.717) is 0 Å². The second kappa shape index (κ2) is 8.09. The molecule has 2 aromatic rings. The van der Waals surface area contributed by atoms with Gasteiger partial charge in [-0.2, -0.15) is 5.10 Å². The molecule has 1 aliphatic carbocycles.